The molecule has 106 valence electrons. The summed E-state index contributed by atoms with van der Waals surface area (Å²) in [5, 5.41) is 8.75. The van der Waals surface area contributed by atoms with E-state index in [0.717, 1.165) is 5.56 Å². The van der Waals surface area contributed by atoms with Crippen molar-refractivity contribution in [1.29, 1.82) is 0 Å². The summed E-state index contributed by atoms with van der Waals surface area (Å²) in [5.41, 5.74) is 0.955. The average Bonchev–Trinajstić information content (AvgIpc) is 2.45. The third-order valence-electron chi connectivity index (χ3n) is 3.07. The van der Waals surface area contributed by atoms with Crippen molar-refractivity contribution in [3.63, 3.8) is 0 Å². The predicted octanol–water partition coefficient (Wildman–Crippen LogP) is 1.40. The van der Waals surface area contributed by atoms with Gasteiger partial charge >= 0.3 is 5.97 Å². The Hall–Kier alpha value is -2.14. The van der Waals surface area contributed by atoms with Crippen molar-refractivity contribution in [2.45, 2.75) is 12.5 Å². The van der Waals surface area contributed by atoms with Gasteiger partial charge in [0.05, 0.1) is 19.1 Å². The number of carboxylic acids is 1. The van der Waals surface area contributed by atoms with Crippen LogP contribution in [0.2, 0.25) is 0 Å². The van der Waals surface area contributed by atoms with E-state index in [-0.39, 0.29) is 12.3 Å². The Balaban J connectivity index is 1.92. The van der Waals surface area contributed by atoms with Crippen LogP contribution in [0.3, 0.4) is 0 Å². The number of aliphatic carboxylic acids is 1. The van der Waals surface area contributed by atoms with Gasteiger partial charge in [0.25, 0.3) is 0 Å². The molecule has 0 spiro atoms. The molecule has 1 atom stereocenters. The van der Waals surface area contributed by atoms with Crippen LogP contribution in [0.15, 0.2) is 36.4 Å². The van der Waals surface area contributed by atoms with Gasteiger partial charge in [-0.3, -0.25) is 9.59 Å². The summed E-state index contributed by atoms with van der Waals surface area (Å²) in [5.74, 6) is -1.03. The first-order valence-electron chi connectivity index (χ1n) is 6.50. The molecule has 0 aliphatic carbocycles. The number of rotatable bonds is 4. The average molecular weight is 275 g/mol. The van der Waals surface area contributed by atoms with E-state index in [9.17, 15) is 9.59 Å². The third-order valence-corrected chi connectivity index (χ3v) is 3.07. The molecular weight excluding hydrogens is 258 g/mol. The van der Waals surface area contributed by atoms with Gasteiger partial charge in [0, 0.05) is 19.2 Å². The Labute approximate surface area is 117 Å². The molecule has 0 radical (unpaired) electrons. The van der Waals surface area contributed by atoms with Gasteiger partial charge in [0.2, 0.25) is 5.91 Å². The molecule has 1 aromatic carbocycles. The highest BCUT2D eigenvalue weighted by Crippen LogP contribution is 2.10. The van der Waals surface area contributed by atoms with Gasteiger partial charge < -0.3 is 14.7 Å². The maximum atomic E-state index is 12.0. The number of carbonyl (C=O) groups is 2. The lowest BCUT2D eigenvalue weighted by atomic mass is 10.2. The fourth-order valence-corrected chi connectivity index (χ4v) is 2.07. The molecular formula is C15H17NO4. The lowest BCUT2D eigenvalue weighted by molar-refractivity contribution is -0.145. The molecule has 1 saturated heterocycles. The molecule has 0 aromatic heterocycles. The van der Waals surface area contributed by atoms with Crippen LogP contribution >= 0.6 is 0 Å². The summed E-state index contributed by atoms with van der Waals surface area (Å²) >= 11 is 0. The molecule has 2 rings (SSSR count). The molecule has 1 amide bonds. The van der Waals surface area contributed by atoms with E-state index in [2.05, 4.69) is 0 Å². The van der Waals surface area contributed by atoms with Crippen LogP contribution in [0.5, 0.6) is 0 Å². The van der Waals surface area contributed by atoms with E-state index in [0.29, 0.717) is 19.7 Å². The minimum absolute atomic E-state index is 0.0772. The van der Waals surface area contributed by atoms with E-state index < -0.39 is 12.1 Å². The molecule has 0 saturated carbocycles. The zero-order valence-electron chi connectivity index (χ0n) is 11.1. The van der Waals surface area contributed by atoms with Gasteiger partial charge in [-0.05, 0) is 11.6 Å². The van der Waals surface area contributed by atoms with Crippen molar-refractivity contribution in [1.82, 2.24) is 4.90 Å². The van der Waals surface area contributed by atoms with Crippen molar-refractivity contribution < 1.29 is 19.4 Å². The molecule has 5 nitrogen and oxygen atoms in total. The fourth-order valence-electron chi connectivity index (χ4n) is 2.07. The number of nitrogens with zero attached hydrogens (tertiary/aromatic N) is 1. The topological polar surface area (TPSA) is 66.8 Å². The Morgan fingerprint density at radius 1 is 1.35 bits per heavy atom. The number of morpholine rings is 1. The second-order valence-corrected chi connectivity index (χ2v) is 4.62. The van der Waals surface area contributed by atoms with Crippen molar-refractivity contribution in [2.75, 3.05) is 19.7 Å². The van der Waals surface area contributed by atoms with Crippen LogP contribution in [0.4, 0.5) is 0 Å². The van der Waals surface area contributed by atoms with Crippen LogP contribution in [0, 0.1) is 0 Å². The Morgan fingerprint density at radius 2 is 2.10 bits per heavy atom. The molecule has 1 N–H and O–H groups in total. The first kappa shape index (κ1) is 14.3. The van der Waals surface area contributed by atoms with Crippen LogP contribution in [0.1, 0.15) is 12.0 Å². The number of carboxylic acid groups (broad SMARTS) is 1. The van der Waals surface area contributed by atoms with E-state index >= 15 is 0 Å². The number of benzene rings is 1. The predicted molar refractivity (Wildman–Crippen MR) is 74.0 cm³/mol. The van der Waals surface area contributed by atoms with Crippen molar-refractivity contribution in [2.24, 2.45) is 0 Å². The summed E-state index contributed by atoms with van der Waals surface area (Å²) in [6, 6.07) is 9.55. The summed E-state index contributed by atoms with van der Waals surface area (Å²) in [7, 11) is 0. The zero-order valence-corrected chi connectivity index (χ0v) is 11.1. The minimum atomic E-state index is -0.913. The smallest absolute Gasteiger partial charge is 0.306 e. The van der Waals surface area contributed by atoms with Gasteiger partial charge in [-0.15, -0.1) is 0 Å². The Morgan fingerprint density at radius 3 is 2.80 bits per heavy atom. The van der Waals surface area contributed by atoms with Crippen molar-refractivity contribution in [3.05, 3.63) is 42.0 Å². The fraction of sp³-hybridized carbons (Fsp3) is 0.333. The van der Waals surface area contributed by atoms with Crippen LogP contribution in [-0.4, -0.2) is 47.7 Å². The monoisotopic (exact) mass is 275 g/mol. The van der Waals surface area contributed by atoms with Gasteiger partial charge in [-0.1, -0.05) is 30.3 Å². The summed E-state index contributed by atoms with van der Waals surface area (Å²) < 4.78 is 5.33. The molecule has 5 heteroatoms. The first-order valence-corrected chi connectivity index (χ1v) is 6.50. The second kappa shape index (κ2) is 6.86. The van der Waals surface area contributed by atoms with Gasteiger partial charge in [-0.25, -0.2) is 0 Å². The molecule has 1 aromatic rings. The Bertz CT molecular complexity index is 498. The molecule has 1 aliphatic rings. The molecule has 1 aliphatic heterocycles. The second-order valence-electron chi connectivity index (χ2n) is 4.62. The van der Waals surface area contributed by atoms with Crippen LogP contribution in [0.25, 0.3) is 6.08 Å². The van der Waals surface area contributed by atoms with Crippen LogP contribution in [-0.2, 0) is 14.3 Å². The molecule has 1 heterocycles. The zero-order chi connectivity index (χ0) is 14.4. The number of carbonyl (C=O) groups excluding carboxylic acids is 1. The number of hydrogen-bond donors (Lipinski definition) is 1. The summed E-state index contributed by atoms with van der Waals surface area (Å²) in [4.78, 5) is 24.3. The normalized spacial score (nSPS) is 19.2. The van der Waals surface area contributed by atoms with E-state index in [1.54, 1.807) is 11.0 Å². The highest BCUT2D eigenvalue weighted by Gasteiger charge is 2.24. The molecule has 1 fully saturated rings. The van der Waals surface area contributed by atoms with Crippen LogP contribution < -0.4 is 0 Å². The SMILES string of the molecule is O=C(O)CC1CN(C(=O)C=Cc2ccccc2)CCO1. The minimum Gasteiger partial charge on any atom is -0.481 e. The summed E-state index contributed by atoms with van der Waals surface area (Å²) in [6.07, 6.45) is 2.77. The quantitative estimate of drug-likeness (QED) is 0.843. The molecule has 0 bridgehead atoms. The standard InChI is InChI=1S/C15H17NO4/c17-14(7-6-12-4-2-1-3-5-12)16-8-9-20-13(11-16)10-15(18)19/h1-7,13H,8-11H2,(H,18,19). The maximum Gasteiger partial charge on any atom is 0.306 e. The number of ether oxygens (including phenoxy) is 1. The maximum absolute atomic E-state index is 12.0. The van der Waals surface area contributed by atoms with Crippen molar-refractivity contribution in [3.8, 4) is 0 Å². The number of amides is 1. The molecule has 20 heavy (non-hydrogen) atoms. The Kier molecular flexibility index (Phi) is 4.90. The van der Waals surface area contributed by atoms with E-state index in [1.165, 1.54) is 6.08 Å². The van der Waals surface area contributed by atoms with E-state index in [4.69, 9.17) is 9.84 Å². The highest BCUT2D eigenvalue weighted by molar-refractivity contribution is 5.91. The third kappa shape index (κ3) is 4.20. The van der Waals surface area contributed by atoms with Gasteiger partial charge in [-0.2, -0.15) is 0 Å². The van der Waals surface area contributed by atoms with Gasteiger partial charge in [0.15, 0.2) is 0 Å². The van der Waals surface area contributed by atoms with Crippen molar-refractivity contribution >= 4 is 18.0 Å². The van der Waals surface area contributed by atoms with Gasteiger partial charge in [0.1, 0.15) is 0 Å². The lowest BCUT2D eigenvalue weighted by Crippen LogP contribution is -2.45. The number of hydrogen-bond acceptors (Lipinski definition) is 3. The lowest BCUT2D eigenvalue weighted by Gasteiger charge is -2.31. The molecule has 1 unspecified atom stereocenters. The van der Waals surface area contributed by atoms with E-state index in [1.807, 2.05) is 30.3 Å². The summed E-state index contributed by atoms with van der Waals surface area (Å²) in [6.45, 7) is 1.20. The largest absolute Gasteiger partial charge is 0.481 e. The first-order chi connectivity index (χ1) is 9.65. The highest BCUT2D eigenvalue weighted by atomic mass is 16.5.